The van der Waals surface area contributed by atoms with Crippen LogP contribution in [0, 0.1) is 11.8 Å². The molecule has 2 rings (SSSR count). The van der Waals surface area contributed by atoms with Crippen LogP contribution in [0.3, 0.4) is 0 Å². The van der Waals surface area contributed by atoms with E-state index in [9.17, 15) is 14.4 Å². The first-order valence-corrected chi connectivity index (χ1v) is 6.24. The maximum Gasteiger partial charge on any atom is 0.341 e. The van der Waals surface area contributed by atoms with Crippen molar-refractivity contribution in [1.82, 2.24) is 0 Å². The summed E-state index contributed by atoms with van der Waals surface area (Å²) in [4.78, 5) is 35.6. The van der Waals surface area contributed by atoms with Crippen LogP contribution in [-0.2, 0) is 14.4 Å². The van der Waals surface area contributed by atoms with Gasteiger partial charge in [0, 0.05) is 11.8 Å². The van der Waals surface area contributed by atoms with E-state index in [2.05, 4.69) is 0 Å². The summed E-state index contributed by atoms with van der Waals surface area (Å²) in [6, 6.07) is 6.20. The van der Waals surface area contributed by atoms with Crippen LogP contribution >= 0.6 is 0 Å². The van der Waals surface area contributed by atoms with Crippen molar-refractivity contribution in [1.29, 1.82) is 0 Å². The Morgan fingerprint density at radius 2 is 1.65 bits per heavy atom. The molecule has 6 heteroatoms. The van der Waals surface area contributed by atoms with Crippen molar-refractivity contribution in [3.05, 3.63) is 24.3 Å². The summed E-state index contributed by atoms with van der Waals surface area (Å²) >= 11 is 0. The van der Waals surface area contributed by atoms with E-state index in [4.69, 9.17) is 9.84 Å². The summed E-state index contributed by atoms with van der Waals surface area (Å²) in [7, 11) is 0. The van der Waals surface area contributed by atoms with Crippen LogP contribution in [0.2, 0.25) is 0 Å². The van der Waals surface area contributed by atoms with Crippen LogP contribution in [0.1, 0.15) is 13.8 Å². The third kappa shape index (κ3) is 2.49. The molecule has 2 amide bonds. The number of ether oxygens (including phenoxy) is 1. The zero-order chi connectivity index (χ0) is 14.9. The van der Waals surface area contributed by atoms with E-state index in [-0.39, 0.29) is 23.7 Å². The maximum absolute atomic E-state index is 12.0. The predicted molar refractivity (Wildman–Crippen MR) is 70.4 cm³/mol. The van der Waals surface area contributed by atoms with Gasteiger partial charge in [0.05, 0.1) is 5.69 Å². The smallest absolute Gasteiger partial charge is 0.341 e. The first-order valence-electron chi connectivity index (χ1n) is 6.24. The molecule has 1 aliphatic heterocycles. The zero-order valence-corrected chi connectivity index (χ0v) is 11.2. The monoisotopic (exact) mass is 277 g/mol. The van der Waals surface area contributed by atoms with Gasteiger partial charge in [-0.15, -0.1) is 0 Å². The van der Waals surface area contributed by atoms with Crippen LogP contribution < -0.4 is 9.64 Å². The van der Waals surface area contributed by atoms with Gasteiger partial charge in [-0.1, -0.05) is 13.8 Å². The van der Waals surface area contributed by atoms with Crippen molar-refractivity contribution < 1.29 is 24.2 Å². The molecule has 6 nitrogen and oxygen atoms in total. The van der Waals surface area contributed by atoms with Gasteiger partial charge in [-0.2, -0.15) is 0 Å². The molecule has 0 bridgehead atoms. The molecule has 1 aliphatic rings. The second-order valence-corrected chi connectivity index (χ2v) is 4.77. The molecule has 1 N–H and O–H groups in total. The van der Waals surface area contributed by atoms with Crippen LogP contribution in [0.25, 0.3) is 0 Å². The summed E-state index contributed by atoms with van der Waals surface area (Å²) in [6.07, 6.45) is 0. The molecular weight excluding hydrogens is 262 g/mol. The van der Waals surface area contributed by atoms with Crippen LogP contribution in [-0.4, -0.2) is 29.5 Å². The number of rotatable bonds is 4. The summed E-state index contributed by atoms with van der Waals surface area (Å²) < 4.78 is 4.99. The Balaban J connectivity index is 2.16. The molecule has 1 heterocycles. The Morgan fingerprint density at radius 1 is 1.15 bits per heavy atom. The highest BCUT2D eigenvalue weighted by atomic mass is 16.5. The number of hydrogen-bond acceptors (Lipinski definition) is 4. The number of amides is 2. The van der Waals surface area contributed by atoms with Gasteiger partial charge >= 0.3 is 5.97 Å². The Hall–Kier alpha value is -2.37. The largest absolute Gasteiger partial charge is 0.482 e. The second kappa shape index (κ2) is 5.32. The molecule has 1 aromatic rings. The van der Waals surface area contributed by atoms with Gasteiger partial charge in [0.2, 0.25) is 11.8 Å². The highest BCUT2D eigenvalue weighted by molar-refractivity contribution is 6.21. The van der Waals surface area contributed by atoms with Crippen molar-refractivity contribution >= 4 is 23.5 Å². The van der Waals surface area contributed by atoms with Gasteiger partial charge in [0.1, 0.15) is 5.75 Å². The highest BCUT2D eigenvalue weighted by Crippen LogP contribution is 2.31. The van der Waals surface area contributed by atoms with E-state index < -0.39 is 12.6 Å². The van der Waals surface area contributed by atoms with Crippen molar-refractivity contribution in [2.45, 2.75) is 13.8 Å². The number of benzene rings is 1. The van der Waals surface area contributed by atoms with Gasteiger partial charge in [0.25, 0.3) is 0 Å². The minimum absolute atomic E-state index is 0.221. The molecule has 1 saturated heterocycles. The first-order chi connectivity index (χ1) is 9.41. The third-order valence-electron chi connectivity index (χ3n) is 3.43. The molecule has 106 valence electrons. The van der Waals surface area contributed by atoms with E-state index >= 15 is 0 Å². The Bertz CT molecular complexity index is 531. The van der Waals surface area contributed by atoms with Gasteiger partial charge in [-0.3, -0.25) is 14.5 Å². The fourth-order valence-electron chi connectivity index (χ4n) is 2.03. The van der Waals surface area contributed by atoms with Crippen LogP contribution in [0.5, 0.6) is 5.75 Å². The molecular formula is C14H15NO5. The summed E-state index contributed by atoms with van der Waals surface area (Å²) in [5.41, 5.74) is 0.471. The maximum atomic E-state index is 12.0. The van der Waals surface area contributed by atoms with Gasteiger partial charge in [-0.25, -0.2) is 4.79 Å². The average molecular weight is 277 g/mol. The first kappa shape index (κ1) is 14.0. The molecule has 1 aromatic carbocycles. The second-order valence-electron chi connectivity index (χ2n) is 4.77. The summed E-state index contributed by atoms with van der Waals surface area (Å²) in [5.74, 6) is -1.79. The minimum atomic E-state index is -1.07. The van der Waals surface area contributed by atoms with Crippen LogP contribution in [0.4, 0.5) is 5.69 Å². The zero-order valence-electron chi connectivity index (χ0n) is 11.2. The molecule has 2 unspecified atom stereocenters. The standard InChI is InChI=1S/C14H15NO5/c1-8-9(2)14(19)15(13(8)18)10-3-5-11(6-4-10)20-7-12(16)17/h3-6,8-9H,7H2,1-2H3,(H,16,17). The van der Waals surface area contributed by atoms with Gasteiger partial charge in [0.15, 0.2) is 6.61 Å². The molecule has 0 spiro atoms. The van der Waals surface area contributed by atoms with E-state index in [1.165, 1.54) is 12.1 Å². The number of aliphatic carboxylic acids is 1. The molecule has 0 aliphatic carbocycles. The lowest BCUT2D eigenvalue weighted by molar-refractivity contribution is -0.139. The fourth-order valence-corrected chi connectivity index (χ4v) is 2.03. The predicted octanol–water partition coefficient (Wildman–Crippen LogP) is 1.30. The van der Waals surface area contributed by atoms with Crippen molar-refractivity contribution in [2.75, 3.05) is 11.5 Å². The van der Waals surface area contributed by atoms with E-state index in [0.717, 1.165) is 4.90 Å². The lowest BCUT2D eigenvalue weighted by Crippen LogP contribution is -2.30. The number of imide groups is 1. The minimum Gasteiger partial charge on any atom is -0.482 e. The summed E-state index contributed by atoms with van der Waals surface area (Å²) in [5, 5.41) is 8.51. The van der Waals surface area contributed by atoms with E-state index in [1.807, 2.05) is 0 Å². The summed E-state index contributed by atoms with van der Waals surface area (Å²) in [6.45, 7) is 3.03. The van der Waals surface area contributed by atoms with E-state index in [1.54, 1.807) is 26.0 Å². The number of carboxylic acid groups (broad SMARTS) is 1. The molecule has 0 radical (unpaired) electrons. The van der Waals surface area contributed by atoms with Gasteiger partial charge in [-0.05, 0) is 24.3 Å². The number of carboxylic acids is 1. The molecule has 20 heavy (non-hydrogen) atoms. The molecule has 2 atom stereocenters. The van der Waals surface area contributed by atoms with Crippen molar-refractivity contribution in [3.63, 3.8) is 0 Å². The highest BCUT2D eigenvalue weighted by Gasteiger charge is 2.42. The molecule has 1 fully saturated rings. The molecule has 0 aromatic heterocycles. The fraction of sp³-hybridized carbons (Fsp3) is 0.357. The quantitative estimate of drug-likeness (QED) is 0.838. The number of anilines is 1. The number of carbonyl (C=O) groups is 3. The van der Waals surface area contributed by atoms with Crippen molar-refractivity contribution in [2.24, 2.45) is 11.8 Å². The number of nitrogens with zero attached hydrogens (tertiary/aromatic N) is 1. The normalized spacial score (nSPS) is 22.2. The SMILES string of the molecule is CC1C(=O)N(c2ccc(OCC(=O)O)cc2)C(=O)C1C. The Labute approximate surface area is 115 Å². The Kier molecular flexibility index (Phi) is 3.74. The Morgan fingerprint density at radius 3 is 2.10 bits per heavy atom. The van der Waals surface area contributed by atoms with Crippen LogP contribution in [0.15, 0.2) is 24.3 Å². The third-order valence-corrected chi connectivity index (χ3v) is 3.43. The lowest BCUT2D eigenvalue weighted by Gasteiger charge is -2.15. The number of carbonyl (C=O) groups excluding carboxylic acids is 2. The van der Waals surface area contributed by atoms with Gasteiger partial charge < -0.3 is 9.84 Å². The van der Waals surface area contributed by atoms with Crippen molar-refractivity contribution in [3.8, 4) is 5.75 Å². The topological polar surface area (TPSA) is 83.9 Å². The number of hydrogen-bond donors (Lipinski definition) is 1. The average Bonchev–Trinajstić information content (AvgIpc) is 2.62. The molecule has 0 saturated carbocycles. The van der Waals surface area contributed by atoms with E-state index in [0.29, 0.717) is 11.4 Å². The lowest BCUT2D eigenvalue weighted by atomic mass is 10.00.